The van der Waals surface area contributed by atoms with Crippen LogP contribution in [-0.4, -0.2) is 24.6 Å². The van der Waals surface area contributed by atoms with Gasteiger partial charge in [-0.15, -0.1) is 0 Å². The summed E-state index contributed by atoms with van der Waals surface area (Å²) >= 11 is 0. The van der Waals surface area contributed by atoms with Crippen LogP contribution in [0.5, 0.6) is 0 Å². The zero-order valence-electron chi connectivity index (χ0n) is 13.7. The van der Waals surface area contributed by atoms with E-state index in [0.29, 0.717) is 0 Å². The van der Waals surface area contributed by atoms with Gasteiger partial charge in [0.05, 0.1) is 17.8 Å². The van der Waals surface area contributed by atoms with Crippen molar-refractivity contribution < 1.29 is 0 Å². The average molecular weight is 335 g/mol. The lowest BCUT2D eigenvalue weighted by atomic mass is 10.1. The topological polar surface area (TPSA) is 58.9 Å². The second kappa shape index (κ2) is 5.87. The fourth-order valence-corrected chi connectivity index (χ4v) is 2.97. The molecule has 0 aliphatic carbocycles. The molecule has 0 unspecified atom stereocenters. The van der Waals surface area contributed by atoms with Crippen molar-refractivity contribution in [2.24, 2.45) is 0 Å². The van der Waals surface area contributed by atoms with Gasteiger partial charge in [0.1, 0.15) is 11.3 Å². The molecule has 5 nitrogen and oxygen atoms in total. The van der Waals surface area contributed by atoms with E-state index in [-0.39, 0.29) is 0 Å². The standard InChI is InChI=1S/C21H13N5/c1-2-4-15(5-3-1)17-7-9-20-23-12-18(26(20)14-17)8-6-16-10-11-22-21-19(16)13-24-25-21/h1-5,7,9-14H,(H,22,24,25). The first kappa shape index (κ1) is 14.4. The Labute approximate surface area is 149 Å². The number of aromatic nitrogens is 5. The van der Waals surface area contributed by atoms with Gasteiger partial charge in [-0.1, -0.05) is 36.3 Å². The number of imidazole rings is 1. The van der Waals surface area contributed by atoms with Crippen LogP contribution in [0.2, 0.25) is 0 Å². The molecule has 0 amide bonds. The Hall–Kier alpha value is -3.91. The van der Waals surface area contributed by atoms with Gasteiger partial charge in [-0.3, -0.25) is 9.50 Å². The number of aromatic amines is 1. The molecule has 0 aliphatic rings. The summed E-state index contributed by atoms with van der Waals surface area (Å²) in [5.41, 5.74) is 5.62. The minimum Gasteiger partial charge on any atom is -0.292 e. The Kier molecular flexibility index (Phi) is 3.26. The van der Waals surface area contributed by atoms with Gasteiger partial charge < -0.3 is 0 Å². The lowest BCUT2D eigenvalue weighted by molar-refractivity contribution is 1.10. The van der Waals surface area contributed by atoms with E-state index >= 15 is 0 Å². The summed E-state index contributed by atoms with van der Waals surface area (Å²) < 4.78 is 2.02. The molecule has 0 saturated heterocycles. The molecule has 4 heterocycles. The molecule has 122 valence electrons. The fourth-order valence-electron chi connectivity index (χ4n) is 2.97. The third kappa shape index (κ3) is 2.41. The molecule has 0 spiro atoms. The Morgan fingerprint density at radius 1 is 0.846 bits per heavy atom. The molecule has 0 atom stereocenters. The maximum atomic E-state index is 4.45. The molecular weight excluding hydrogens is 322 g/mol. The second-order valence-electron chi connectivity index (χ2n) is 5.90. The first-order chi connectivity index (χ1) is 12.9. The van der Waals surface area contributed by atoms with Gasteiger partial charge in [-0.2, -0.15) is 5.10 Å². The summed E-state index contributed by atoms with van der Waals surface area (Å²) in [5.74, 6) is 6.44. The maximum absolute atomic E-state index is 4.45. The number of rotatable bonds is 1. The largest absolute Gasteiger partial charge is 0.292 e. The van der Waals surface area contributed by atoms with Crippen molar-refractivity contribution in [3.05, 3.63) is 84.6 Å². The molecule has 5 rings (SSSR count). The van der Waals surface area contributed by atoms with Gasteiger partial charge in [-0.25, -0.2) is 9.97 Å². The fraction of sp³-hybridized carbons (Fsp3) is 0. The van der Waals surface area contributed by atoms with Crippen molar-refractivity contribution in [2.45, 2.75) is 0 Å². The Balaban J connectivity index is 1.61. The molecule has 0 aliphatic heterocycles. The molecule has 5 aromatic rings. The highest BCUT2D eigenvalue weighted by molar-refractivity contribution is 5.81. The van der Waals surface area contributed by atoms with Crippen LogP contribution < -0.4 is 0 Å². The van der Waals surface area contributed by atoms with E-state index < -0.39 is 0 Å². The van der Waals surface area contributed by atoms with Gasteiger partial charge in [0.2, 0.25) is 0 Å². The minimum atomic E-state index is 0.737. The highest BCUT2D eigenvalue weighted by Crippen LogP contribution is 2.20. The highest BCUT2D eigenvalue weighted by Gasteiger charge is 2.04. The maximum Gasteiger partial charge on any atom is 0.156 e. The van der Waals surface area contributed by atoms with Gasteiger partial charge in [-0.05, 0) is 35.2 Å². The molecule has 26 heavy (non-hydrogen) atoms. The van der Waals surface area contributed by atoms with E-state index in [1.807, 2.05) is 34.7 Å². The molecular formula is C21H13N5. The lowest BCUT2D eigenvalue weighted by Crippen LogP contribution is -1.90. The van der Waals surface area contributed by atoms with Gasteiger partial charge in [0.15, 0.2) is 5.65 Å². The SMILES string of the molecule is C(#Cc1cnc2ccc(-c3ccccc3)cn12)c1ccnc2[nH]ncc12. The number of hydrogen-bond donors (Lipinski definition) is 1. The first-order valence-electron chi connectivity index (χ1n) is 8.21. The quantitative estimate of drug-likeness (QED) is 0.476. The summed E-state index contributed by atoms with van der Waals surface area (Å²) in [4.78, 5) is 8.69. The van der Waals surface area contributed by atoms with Crippen molar-refractivity contribution in [1.82, 2.24) is 24.6 Å². The third-order valence-corrected chi connectivity index (χ3v) is 4.29. The van der Waals surface area contributed by atoms with Gasteiger partial charge in [0.25, 0.3) is 0 Å². The van der Waals surface area contributed by atoms with E-state index in [2.05, 4.69) is 56.4 Å². The summed E-state index contributed by atoms with van der Waals surface area (Å²) in [6.45, 7) is 0. The third-order valence-electron chi connectivity index (χ3n) is 4.29. The number of nitrogens with one attached hydrogen (secondary N) is 1. The summed E-state index contributed by atoms with van der Waals surface area (Å²) in [6, 6.07) is 16.2. The number of hydrogen-bond acceptors (Lipinski definition) is 3. The molecule has 0 bridgehead atoms. The second-order valence-corrected chi connectivity index (χ2v) is 5.90. The number of pyridine rings is 2. The van der Waals surface area contributed by atoms with Crippen molar-refractivity contribution >= 4 is 16.7 Å². The van der Waals surface area contributed by atoms with Crippen LogP contribution in [0.4, 0.5) is 0 Å². The Morgan fingerprint density at radius 3 is 2.69 bits per heavy atom. The van der Waals surface area contributed by atoms with Crippen LogP contribution in [0.25, 0.3) is 27.8 Å². The smallest absolute Gasteiger partial charge is 0.156 e. The molecule has 4 aromatic heterocycles. The zero-order valence-corrected chi connectivity index (χ0v) is 13.7. The molecule has 0 radical (unpaired) electrons. The van der Waals surface area contributed by atoms with Gasteiger partial charge >= 0.3 is 0 Å². The minimum absolute atomic E-state index is 0.737. The van der Waals surface area contributed by atoms with Crippen LogP contribution >= 0.6 is 0 Å². The van der Waals surface area contributed by atoms with E-state index in [9.17, 15) is 0 Å². The monoisotopic (exact) mass is 335 g/mol. The van der Waals surface area contributed by atoms with E-state index in [1.54, 1.807) is 18.6 Å². The van der Waals surface area contributed by atoms with E-state index in [1.165, 1.54) is 0 Å². The van der Waals surface area contributed by atoms with Crippen LogP contribution in [0, 0.1) is 11.8 Å². The average Bonchev–Trinajstić information content (AvgIpc) is 3.33. The molecule has 0 fully saturated rings. The van der Waals surface area contributed by atoms with Crippen LogP contribution in [0.3, 0.4) is 0 Å². The number of fused-ring (bicyclic) bond motifs is 2. The molecule has 1 aromatic carbocycles. The van der Waals surface area contributed by atoms with Crippen molar-refractivity contribution in [3.63, 3.8) is 0 Å². The first-order valence-corrected chi connectivity index (χ1v) is 8.21. The van der Waals surface area contributed by atoms with Crippen LogP contribution in [0.15, 0.2) is 73.3 Å². The Bertz CT molecular complexity index is 1290. The lowest BCUT2D eigenvalue weighted by Gasteiger charge is -2.03. The van der Waals surface area contributed by atoms with Crippen molar-refractivity contribution in [2.75, 3.05) is 0 Å². The van der Waals surface area contributed by atoms with E-state index in [4.69, 9.17) is 0 Å². The number of benzene rings is 1. The van der Waals surface area contributed by atoms with Crippen molar-refractivity contribution in [3.8, 4) is 23.0 Å². The predicted octanol–water partition coefficient (Wildman–Crippen LogP) is 3.67. The molecule has 1 N–H and O–H groups in total. The zero-order chi connectivity index (χ0) is 17.3. The number of H-pyrrole nitrogens is 1. The predicted molar refractivity (Wildman–Crippen MR) is 100 cm³/mol. The molecule has 0 saturated carbocycles. The summed E-state index contributed by atoms with van der Waals surface area (Å²) in [6.07, 6.45) is 7.34. The van der Waals surface area contributed by atoms with Gasteiger partial charge in [0, 0.05) is 18.0 Å². The normalized spacial score (nSPS) is 10.8. The number of nitrogens with zero attached hydrogens (tertiary/aromatic N) is 4. The van der Waals surface area contributed by atoms with Crippen LogP contribution in [-0.2, 0) is 0 Å². The van der Waals surface area contributed by atoms with Crippen LogP contribution in [0.1, 0.15) is 11.3 Å². The molecule has 5 heteroatoms. The summed E-state index contributed by atoms with van der Waals surface area (Å²) in [5, 5.41) is 7.81. The van der Waals surface area contributed by atoms with E-state index in [0.717, 1.165) is 39.1 Å². The summed E-state index contributed by atoms with van der Waals surface area (Å²) in [7, 11) is 0. The highest BCUT2D eigenvalue weighted by atomic mass is 15.1. The Morgan fingerprint density at radius 2 is 1.77 bits per heavy atom. The van der Waals surface area contributed by atoms with Crippen molar-refractivity contribution in [1.29, 1.82) is 0 Å².